The number of rotatable bonds is 8. The van der Waals surface area contributed by atoms with Gasteiger partial charge in [0.2, 0.25) is 0 Å². The van der Waals surface area contributed by atoms with Gasteiger partial charge in [0.15, 0.2) is 0 Å². The number of methoxy groups -OCH3 is 1. The van der Waals surface area contributed by atoms with Crippen LogP contribution in [0.25, 0.3) is 0 Å². The van der Waals surface area contributed by atoms with E-state index in [1.165, 1.54) is 10.4 Å². The fraction of sp³-hybridized carbons (Fsp3) is 0.667. The molecule has 0 saturated carbocycles. The molecule has 1 unspecified atom stereocenters. The van der Waals surface area contributed by atoms with Gasteiger partial charge in [-0.15, -0.1) is 11.3 Å². The SMILES string of the molecule is CCNC(COCCOC)c1csc(C)c1. The van der Waals surface area contributed by atoms with E-state index in [0.29, 0.717) is 25.9 Å². The molecular weight excluding hydrogens is 222 g/mol. The molecule has 0 aromatic carbocycles. The Kier molecular flexibility index (Phi) is 6.64. The van der Waals surface area contributed by atoms with E-state index in [-0.39, 0.29) is 0 Å². The number of hydrogen-bond acceptors (Lipinski definition) is 4. The monoisotopic (exact) mass is 243 g/mol. The van der Waals surface area contributed by atoms with E-state index in [2.05, 4.69) is 30.6 Å². The first kappa shape index (κ1) is 13.6. The van der Waals surface area contributed by atoms with E-state index in [1.807, 2.05) is 0 Å². The molecule has 0 saturated heterocycles. The summed E-state index contributed by atoms with van der Waals surface area (Å²) in [5, 5.41) is 5.63. The predicted molar refractivity (Wildman–Crippen MR) is 68.2 cm³/mol. The van der Waals surface area contributed by atoms with Crippen LogP contribution in [0.2, 0.25) is 0 Å². The first-order chi connectivity index (χ1) is 7.77. The van der Waals surface area contributed by atoms with Gasteiger partial charge in [0.05, 0.1) is 25.9 Å². The number of ether oxygens (including phenoxy) is 2. The summed E-state index contributed by atoms with van der Waals surface area (Å²) < 4.78 is 10.5. The molecule has 0 amide bonds. The molecule has 1 aromatic rings. The lowest BCUT2D eigenvalue weighted by Crippen LogP contribution is -2.25. The van der Waals surface area contributed by atoms with Crippen LogP contribution in [0.5, 0.6) is 0 Å². The van der Waals surface area contributed by atoms with Crippen molar-refractivity contribution in [1.29, 1.82) is 0 Å². The van der Waals surface area contributed by atoms with Crippen molar-refractivity contribution in [2.75, 3.05) is 33.5 Å². The third-order valence-corrected chi connectivity index (χ3v) is 3.20. The molecule has 1 heterocycles. The van der Waals surface area contributed by atoms with E-state index in [9.17, 15) is 0 Å². The number of nitrogens with one attached hydrogen (secondary N) is 1. The van der Waals surface area contributed by atoms with Crippen molar-refractivity contribution in [2.24, 2.45) is 0 Å². The second-order valence-electron chi connectivity index (χ2n) is 3.67. The summed E-state index contributed by atoms with van der Waals surface area (Å²) in [6.07, 6.45) is 0. The first-order valence-electron chi connectivity index (χ1n) is 5.63. The highest BCUT2D eigenvalue weighted by molar-refractivity contribution is 7.10. The number of hydrogen-bond donors (Lipinski definition) is 1. The van der Waals surface area contributed by atoms with Gasteiger partial charge in [-0.3, -0.25) is 0 Å². The van der Waals surface area contributed by atoms with E-state index < -0.39 is 0 Å². The van der Waals surface area contributed by atoms with Gasteiger partial charge in [-0.05, 0) is 30.5 Å². The molecule has 0 radical (unpaired) electrons. The molecule has 3 nitrogen and oxygen atoms in total. The second-order valence-corrected chi connectivity index (χ2v) is 4.78. The zero-order valence-corrected chi connectivity index (χ0v) is 11.1. The van der Waals surface area contributed by atoms with Crippen molar-refractivity contribution >= 4 is 11.3 Å². The van der Waals surface area contributed by atoms with Crippen molar-refractivity contribution in [3.05, 3.63) is 21.9 Å². The second kappa shape index (κ2) is 7.79. The molecule has 1 rings (SSSR count). The Bertz CT molecular complexity index is 288. The van der Waals surface area contributed by atoms with Gasteiger partial charge in [-0.1, -0.05) is 6.92 Å². The van der Waals surface area contributed by atoms with Crippen molar-refractivity contribution in [3.63, 3.8) is 0 Å². The van der Waals surface area contributed by atoms with Crippen molar-refractivity contribution < 1.29 is 9.47 Å². The van der Waals surface area contributed by atoms with E-state index in [0.717, 1.165) is 6.54 Å². The molecule has 0 spiro atoms. The fourth-order valence-corrected chi connectivity index (χ4v) is 2.27. The van der Waals surface area contributed by atoms with Gasteiger partial charge in [0.1, 0.15) is 0 Å². The maximum Gasteiger partial charge on any atom is 0.0701 e. The van der Waals surface area contributed by atoms with Gasteiger partial charge in [0.25, 0.3) is 0 Å². The molecule has 92 valence electrons. The fourth-order valence-electron chi connectivity index (χ4n) is 1.51. The topological polar surface area (TPSA) is 30.5 Å². The van der Waals surface area contributed by atoms with E-state index in [1.54, 1.807) is 18.4 Å². The quantitative estimate of drug-likeness (QED) is 0.711. The molecule has 4 heteroatoms. The van der Waals surface area contributed by atoms with Gasteiger partial charge >= 0.3 is 0 Å². The lowest BCUT2D eigenvalue weighted by atomic mass is 10.1. The van der Waals surface area contributed by atoms with Crippen molar-refractivity contribution in [3.8, 4) is 0 Å². The highest BCUT2D eigenvalue weighted by Crippen LogP contribution is 2.20. The molecule has 1 N–H and O–H groups in total. The maximum atomic E-state index is 5.57. The van der Waals surface area contributed by atoms with Crippen LogP contribution < -0.4 is 5.32 Å². The Morgan fingerprint density at radius 2 is 2.25 bits per heavy atom. The first-order valence-corrected chi connectivity index (χ1v) is 6.51. The molecule has 0 aliphatic rings. The van der Waals surface area contributed by atoms with Crippen LogP contribution in [0, 0.1) is 6.92 Å². The molecule has 1 atom stereocenters. The summed E-state index contributed by atoms with van der Waals surface area (Å²) in [5.41, 5.74) is 1.32. The van der Waals surface area contributed by atoms with Crippen LogP contribution >= 0.6 is 11.3 Å². The molecule has 0 aliphatic heterocycles. The third-order valence-electron chi connectivity index (χ3n) is 2.32. The molecular formula is C12H21NO2S. The van der Waals surface area contributed by atoms with Crippen LogP contribution in [0.15, 0.2) is 11.4 Å². The zero-order chi connectivity index (χ0) is 11.8. The van der Waals surface area contributed by atoms with Gasteiger partial charge in [-0.25, -0.2) is 0 Å². The molecule has 16 heavy (non-hydrogen) atoms. The lowest BCUT2D eigenvalue weighted by molar-refractivity contribution is 0.0588. The van der Waals surface area contributed by atoms with Crippen LogP contribution in [0.1, 0.15) is 23.4 Å². The number of likely N-dealkylation sites (N-methyl/N-ethyl adjacent to an activating group) is 1. The highest BCUT2D eigenvalue weighted by Gasteiger charge is 2.11. The number of aryl methyl sites for hydroxylation is 1. The van der Waals surface area contributed by atoms with E-state index >= 15 is 0 Å². The lowest BCUT2D eigenvalue weighted by Gasteiger charge is -2.16. The summed E-state index contributed by atoms with van der Waals surface area (Å²) in [5.74, 6) is 0. The predicted octanol–water partition coefficient (Wildman–Crippen LogP) is 2.37. The van der Waals surface area contributed by atoms with Crippen LogP contribution in [0.3, 0.4) is 0 Å². The van der Waals surface area contributed by atoms with Crippen LogP contribution in [-0.2, 0) is 9.47 Å². The zero-order valence-electron chi connectivity index (χ0n) is 10.3. The minimum Gasteiger partial charge on any atom is -0.382 e. The molecule has 1 aromatic heterocycles. The minimum absolute atomic E-state index is 0.298. The minimum atomic E-state index is 0.298. The summed E-state index contributed by atoms with van der Waals surface area (Å²) in [6, 6.07) is 2.52. The van der Waals surface area contributed by atoms with Gasteiger partial charge < -0.3 is 14.8 Å². The summed E-state index contributed by atoms with van der Waals surface area (Å²) >= 11 is 1.78. The van der Waals surface area contributed by atoms with Gasteiger partial charge in [0, 0.05) is 12.0 Å². The molecule has 0 fully saturated rings. The standard InChI is InChI=1S/C12H21NO2S/c1-4-13-12(8-15-6-5-14-3)11-7-10(2)16-9-11/h7,9,12-13H,4-6,8H2,1-3H3. The summed E-state index contributed by atoms with van der Waals surface area (Å²) in [6.45, 7) is 7.20. The summed E-state index contributed by atoms with van der Waals surface area (Å²) in [7, 11) is 1.69. The van der Waals surface area contributed by atoms with E-state index in [4.69, 9.17) is 9.47 Å². The van der Waals surface area contributed by atoms with Gasteiger partial charge in [-0.2, -0.15) is 0 Å². The highest BCUT2D eigenvalue weighted by atomic mass is 32.1. The smallest absolute Gasteiger partial charge is 0.0701 e. The van der Waals surface area contributed by atoms with Crippen molar-refractivity contribution in [2.45, 2.75) is 19.9 Å². The largest absolute Gasteiger partial charge is 0.382 e. The average molecular weight is 243 g/mol. The summed E-state index contributed by atoms with van der Waals surface area (Å²) in [4.78, 5) is 1.34. The maximum absolute atomic E-state index is 5.57. The van der Waals surface area contributed by atoms with Crippen LogP contribution in [-0.4, -0.2) is 33.5 Å². The molecule has 0 bridgehead atoms. The Morgan fingerprint density at radius 1 is 1.44 bits per heavy atom. The third kappa shape index (κ3) is 4.61. The Hall–Kier alpha value is -0.420. The Labute approximate surface area is 102 Å². The Morgan fingerprint density at radius 3 is 2.81 bits per heavy atom. The Balaban J connectivity index is 2.41. The van der Waals surface area contributed by atoms with Crippen molar-refractivity contribution in [1.82, 2.24) is 5.32 Å². The molecule has 0 aliphatic carbocycles. The normalized spacial score (nSPS) is 12.9. The number of thiophene rings is 1. The average Bonchev–Trinajstić information content (AvgIpc) is 2.69. The van der Waals surface area contributed by atoms with Crippen LogP contribution in [0.4, 0.5) is 0 Å².